The quantitative estimate of drug-likeness (QED) is 0.906. The van der Waals surface area contributed by atoms with E-state index in [-0.39, 0.29) is 6.04 Å². The highest BCUT2D eigenvalue weighted by Crippen LogP contribution is 2.26. The summed E-state index contributed by atoms with van der Waals surface area (Å²) in [5, 5.41) is 3.61. The minimum Gasteiger partial charge on any atom is -0.307 e. The van der Waals surface area contributed by atoms with Crippen molar-refractivity contribution in [2.45, 2.75) is 40.7 Å². The molecule has 0 aliphatic carbocycles. The van der Waals surface area contributed by atoms with Crippen LogP contribution < -0.4 is 5.32 Å². The lowest BCUT2D eigenvalue weighted by Crippen LogP contribution is -2.23. The molecular weight excluding hydrogens is 244 g/mol. The summed E-state index contributed by atoms with van der Waals surface area (Å²) < 4.78 is 0. The van der Waals surface area contributed by atoms with Crippen LogP contribution in [0.5, 0.6) is 0 Å². The summed E-state index contributed by atoms with van der Waals surface area (Å²) in [5.41, 5.74) is 7.44. The van der Waals surface area contributed by atoms with E-state index in [4.69, 9.17) is 0 Å². The van der Waals surface area contributed by atoms with Crippen molar-refractivity contribution in [3.8, 4) is 0 Å². The molecule has 1 aromatic heterocycles. The van der Waals surface area contributed by atoms with Crippen LogP contribution in [0, 0.1) is 27.7 Å². The average molecular weight is 268 g/mol. The van der Waals surface area contributed by atoms with Gasteiger partial charge in [0, 0.05) is 11.4 Å². The van der Waals surface area contributed by atoms with Crippen LogP contribution in [0.3, 0.4) is 0 Å². The van der Waals surface area contributed by atoms with E-state index in [1.54, 1.807) is 0 Å². The van der Waals surface area contributed by atoms with Crippen LogP contribution in [0.1, 0.15) is 46.6 Å². The molecule has 1 unspecified atom stereocenters. The minimum atomic E-state index is 0.236. The molecule has 106 valence electrons. The number of benzene rings is 1. The van der Waals surface area contributed by atoms with Crippen LogP contribution in [0.25, 0.3) is 0 Å². The fraction of sp³-hybridized carbons (Fsp3) is 0.389. The number of hydrogen-bond donors (Lipinski definition) is 1. The predicted molar refractivity (Wildman–Crippen MR) is 85.1 cm³/mol. The normalized spacial score (nSPS) is 12.4. The van der Waals surface area contributed by atoms with Crippen LogP contribution in [0.15, 0.2) is 30.3 Å². The van der Waals surface area contributed by atoms with Gasteiger partial charge in [0.2, 0.25) is 0 Å². The molecule has 2 aromatic rings. The second-order valence-corrected chi connectivity index (χ2v) is 5.53. The predicted octanol–water partition coefficient (Wildman–Crippen LogP) is 4.01. The highest BCUT2D eigenvalue weighted by Gasteiger charge is 2.16. The molecule has 0 bridgehead atoms. The van der Waals surface area contributed by atoms with E-state index < -0.39 is 0 Å². The maximum absolute atomic E-state index is 4.48. The third-order valence-corrected chi connectivity index (χ3v) is 3.59. The lowest BCUT2D eigenvalue weighted by molar-refractivity contribution is 0.625. The third-order valence-electron chi connectivity index (χ3n) is 3.59. The van der Waals surface area contributed by atoms with Gasteiger partial charge in [0.25, 0.3) is 0 Å². The van der Waals surface area contributed by atoms with Crippen LogP contribution in [0.2, 0.25) is 0 Å². The Hall–Kier alpha value is -1.67. The van der Waals surface area contributed by atoms with E-state index >= 15 is 0 Å². The SMILES string of the molecule is CCNC(c1cc(C)nc(C)c1)c1cc(C)ccc1C. The van der Waals surface area contributed by atoms with E-state index in [1.165, 1.54) is 22.3 Å². The van der Waals surface area contributed by atoms with E-state index in [1.807, 2.05) is 0 Å². The van der Waals surface area contributed by atoms with Crippen LogP contribution in [-0.4, -0.2) is 11.5 Å². The van der Waals surface area contributed by atoms with Gasteiger partial charge in [-0.3, -0.25) is 4.98 Å². The summed E-state index contributed by atoms with van der Waals surface area (Å²) in [7, 11) is 0. The van der Waals surface area contributed by atoms with E-state index in [0.717, 1.165) is 17.9 Å². The molecule has 2 nitrogen and oxygen atoms in total. The molecule has 0 radical (unpaired) electrons. The summed E-state index contributed by atoms with van der Waals surface area (Å²) in [5.74, 6) is 0. The third kappa shape index (κ3) is 3.26. The molecular formula is C18H24N2. The highest BCUT2D eigenvalue weighted by molar-refractivity contribution is 5.40. The van der Waals surface area contributed by atoms with Gasteiger partial charge in [0.15, 0.2) is 0 Å². The minimum absolute atomic E-state index is 0.236. The topological polar surface area (TPSA) is 24.9 Å². The Labute approximate surface area is 122 Å². The van der Waals surface area contributed by atoms with Gasteiger partial charge in [-0.1, -0.05) is 30.7 Å². The van der Waals surface area contributed by atoms with Gasteiger partial charge in [0.05, 0.1) is 6.04 Å². The molecule has 0 amide bonds. The summed E-state index contributed by atoms with van der Waals surface area (Å²) >= 11 is 0. The summed E-state index contributed by atoms with van der Waals surface area (Å²) in [4.78, 5) is 4.48. The second kappa shape index (κ2) is 6.19. The van der Waals surface area contributed by atoms with Gasteiger partial charge in [0.1, 0.15) is 0 Å². The van der Waals surface area contributed by atoms with Crippen molar-refractivity contribution in [3.63, 3.8) is 0 Å². The number of nitrogens with one attached hydrogen (secondary N) is 1. The molecule has 2 heteroatoms. The van der Waals surface area contributed by atoms with Crippen molar-refractivity contribution in [3.05, 3.63) is 64.0 Å². The highest BCUT2D eigenvalue weighted by atomic mass is 14.9. The Kier molecular flexibility index (Phi) is 4.56. The summed E-state index contributed by atoms with van der Waals surface area (Å²) in [6.07, 6.45) is 0. The molecule has 20 heavy (non-hydrogen) atoms. The van der Waals surface area contributed by atoms with Crippen LogP contribution in [-0.2, 0) is 0 Å². The molecule has 1 heterocycles. The largest absolute Gasteiger partial charge is 0.307 e. The average Bonchev–Trinajstić information content (AvgIpc) is 2.38. The van der Waals surface area contributed by atoms with Crippen molar-refractivity contribution < 1.29 is 0 Å². The van der Waals surface area contributed by atoms with Crippen LogP contribution >= 0.6 is 0 Å². The molecule has 1 atom stereocenters. The van der Waals surface area contributed by atoms with Crippen molar-refractivity contribution in [2.75, 3.05) is 6.54 Å². The van der Waals surface area contributed by atoms with E-state index in [2.05, 4.69) is 75.3 Å². The molecule has 0 saturated heterocycles. The summed E-state index contributed by atoms with van der Waals surface area (Å²) in [6.45, 7) is 11.5. The standard InChI is InChI=1S/C18H24N2/c1-6-19-18(16-10-14(4)20-15(5)11-16)17-9-12(2)7-8-13(17)3/h7-11,18-19H,6H2,1-5H3. The Morgan fingerprint density at radius 3 is 2.25 bits per heavy atom. The van der Waals surface area contributed by atoms with Gasteiger partial charge < -0.3 is 5.32 Å². The Balaban J connectivity index is 2.52. The molecule has 0 aliphatic rings. The Morgan fingerprint density at radius 1 is 1.00 bits per heavy atom. The maximum atomic E-state index is 4.48. The monoisotopic (exact) mass is 268 g/mol. The van der Waals surface area contributed by atoms with Gasteiger partial charge in [-0.25, -0.2) is 0 Å². The number of hydrogen-bond acceptors (Lipinski definition) is 2. The van der Waals surface area contributed by atoms with Gasteiger partial charge in [-0.05, 0) is 63.1 Å². The van der Waals surface area contributed by atoms with E-state index in [9.17, 15) is 0 Å². The lowest BCUT2D eigenvalue weighted by atomic mass is 9.93. The molecule has 0 saturated carbocycles. The smallest absolute Gasteiger partial charge is 0.0580 e. The number of rotatable bonds is 4. The zero-order valence-corrected chi connectivity index (χ0v) is 13.1. The van der Waals surface area contributed by atoms with Crippen molar-refractivity contribution in [1.29, 1.82) is 0 Å². The zero-order chi connectivity index (χ0) is 14.7. The molecule has 2 rings (SSSR count). The zero-order valence-electron chi connectivity index (χ0n) is 13.1. The van der Waals surface area contributed by atoms with Gasteiger partial charge in [-0.15, -0.1) is 0 Å². The first-order valence-corrected chi connectivity index (χ1v) is 7.27. The number of pyridine rings is 1. The molecule has 0 aliphatic heterocycles. The van der Waals surface area contributed by atoms with Crippen LogP contribution in [0.4, 0.5) is 0 Å². The maximum Gasteiger partial charge on any atom is 0.0580 e. The number of aryl methyl sites for hydroxylation is 4. The number of nitrogens with zero attached hydrogens (tertiary/aromatic N) is 1. The first-order chi connectivity index (χ1) is 9.51. The lowest BCUT2D eigenvalue weighted by Gasteiger charge is -2.22. The van der Waals surface area contributed by atoms with E-state index in [0.29, 0.717) is 0 Å². The van der Waals surface area contributed by atoms with Crippen molar-refractivity contribution in [2.24, 2.45) is 0 Å². The molecule has 1 N–H and O–H groups in total. The first kappa shape index (κ1) is 14.7. The Morgan fingerprint density at radius 2 is 1.65 bits per heavy atom. The second-order valence-electron chi connectivity index (χ2n) is 5.53. The fourth-order valence-electron chi connectivity index (χ4n) is 2.72. The number of aromatic nitrogens is 1. The van der Waals surface area contributed by atoms with Gasteiger partial charge >= 0.3 is 0 Å². The fourth-order valence-corrected chi connectivity index (χ4v) is 2.72. The first-order valence-electron chi connectivity index (χ1n) is 7.27. The van der Waals surface area contributed by atoms with Crippen molar-refractivity contribution in [1.82, 2.24) is 10.3 Å². The summed E-state index contributed by atoms with van der Waals surface area (Å²) in [6, 6.07) is 11.3. The van der Waals surface area contributed by atoms with Crippen molar-refractivity contribution >= 4 is 0 Å². The molecule has 1 aromatic carbocycles. The molecule has 0 fully saturated rings. The Bertz CT molecular complexity index is 582. The van der Waals surface area contributed by atoms with Gasteiger partial charge in [-0.2, -0.15) is 0 Å². The molecule has 0 spiro atoms.